The van der Waals surface area contributed by atoms with Crippen molar-refractivity contribution in [1.29, 1.82) is 0 Å². The first-order valence-electron chi connectivity index (χ1n) is 8.12. The normalized spacial score (nSPS) is 11.0. The van der Waals surface area contributed by atoms with Gasteiger partial charge in [-0.3, -0.25) is 9.59 Å². The Morgan fingerprint density at radius 3 is 1.78 bits per heavy atom. The van der Waals surface area contributed by atoms with E-state index in [0.29, 0.717) is 16.7 Å². The van der Waals surface area contributed by atoms with Crippen LogP contribution in [0.25, 0.3) is 0 Å². The lowest BCUT2D eigenvalue weighted by Crippen LogP contribution is -2.10. The van der Waals surface area contributed by atoms with Crippen LogP contribution < -0.4 is 4.18 Å². The minimum atomic E-state index is -4.04. The number of carbonyl (C=O) groups excluding carboxylic acids is 2. The van der Waals surface area contributed by atoms with Crippen molar-refractivity contribution in [2.45, 2.75) is 11.8 Å². The molecule has 0 amide bonds. The Hall–Kier alpha value is -3.25. The van der Waals surface area contributed by atoms with Gasteiger partial charge in [0, 0.05) is 16.7 Å². The molecule has 0 bridgehead atoms. The second-order valence-corrected chi connectivity index (χ2v) is 7.38. The Morgan fingerprint density at radius 1 is 0.704 bits per heavy atom. The van der Waals surface area contributed by atoms with Crippen LogP contribution in [0, 0.1) is 0 Å². The van der Waals surface area contributed by atoms with Crippen molar-refractivity contribution in [3.8, 4) is 5.75 Å². The quantitative estimate of drug-likeness (QED) is 0.479. The van der Waals surface area contributed by atoms with Crippen molar-refractivity contribution >= 4 is 21.7 Å². The van der Waals surface area contributed by atoms with Crippen LogP contribution in [0.15, 0.2) is 83.8 Å². The fraction of sp³-hybridized carbons (Fsp3) is 0.0476. The van der Waals surface area contributed by atoms with Crippen LogP contribution in [0.1, 0.15) is 33.2 Å². The van der Waals surface area contributed by atoms with Gasteiger partial charge in [0.1, 0.15) is 10.6 Å². The highest BCUT2D eigenvalue weighted by Gasteiger charge is 2.17. The van der Waals surface area contributed by atoms with Crippen molar-refractivity contribution < 1.29 is 22.2 Å². The zero-order valence-electron chi connectivity index (χ0n) is 14.5. The first-order chi connectivity index (χ1) is 12.9. The van der Waals surface area contributed by atoms with Crippen LogP contribution >= 0.6 is 0 Å². The van der Waals surface area contributed by atoms with Gasteiger partial charge in [0.15, 0.2) is 11.6 Å². The second-order valence-electron chi connectivity index (χ2n) is 5.84. The summed E-state index contributed by atoms with van der Waals surface area (Å²) in [4.78, 5) is 23.6. The van der Waals surface area contributed by atoms with Crippen molar-refractivity contribution in [3.05, 3.63) is 95.6 Å². The third kappa shape index (κ3) is 4.30. The highest BCUT2D eigenvalue weighted by molar-refractivity contribution is 7.87. The molecule has 0 aliphatic heterocycles. The molecule has 0 heterocycles. The van der Waals surface area contributed by atoms with E-state index in [9.17, 15) is 18.0 Å². The molecule has 0 aliphatic rings. The Labute approximate surface area is 157 Å². The Morgan fingerprint density at radius 2 is 1.22 bits per heavy atom. The predicted octanol–water partition coefficient (Wildman–Crippen LogP) is 3.89. The average molecular weight is 380 g/mol. The Balaban J connectivity index is 1.77. The highest BCUT2D eigenvalue weighted by Crippen LogP contribution is 2.21. The van der Waals surface area contributed by atoms with Crippen molar-refractivity contribution in [3.63, 3.8) is 0 Å². The van der Waals surface area contributed by atoms with Gasteiger partial charge in [-0.05, 0) is 43.3 Å². The van der Waals surface area contributed by atoms with E-state index in [1.807, 2.05) is 6.07 Å². The summed E-state index contributed by atoms with van der Waals surface area (Å²) in [7, 11) is -4.04. The fourth-order valence-electron chi connectivity index (χ4n) is 2.45. The van der Waals surface area contributed by atoms with Gasteiger partial charge in [0.05, 0.1) is 0 Å². The third-order valence-electron chi connectivity index (χ3n) is 3.91. The minimum absolute atomic E-state index is 0.0584. The SMILES string of the molecule is CC(=O)c1ccc(S(=O)(=O)Oc2ccc(C(=O)c3ccccc3)cc2)cc1. The molecular weight excluding hydrogens is 364 g/mol. The molecule has 5 nitrogen and oxygen atoms in total. The zero-order valence-corrected chi connectivity index (χ0v) is 15.3. The van der Waals surface area contributed by atoms with E-state index < -0.39 is 10.1 Å². The lowest BCUT2D eigenvalue weighted by atomic mass is 10.0. The van der Waals surface area contributed by atoms with Gasteiger partial charge in [-0.25, -0.2) is 0 Å². The summed E-state index contributed by atoms with van der Waals surface area (Å²) < 4.78 is 29.8. The van der Waals surface area contributed by atoms with Gasteiger partial charge in [0.25, 0.3) is 0 Å². The standard InChI is InChI=1S/C21H16O5S/c1-15(22)16-9-13-20(14-10-16)27(24,25)26-19-11-7-18(8-12-19)21(23)17-5-3-2-4-6-17/h2-14H,1H3. The highest BCUT2D eigenvalue weighted by atomic mass is 32.2. The van der Waals surface area contributed by atoms with E-state index in [1.165, 1.54) is 55.5 Å². The van der Waals surface area contributed by atoms with E-state index >= 15 is 0 Å². The van der Waals surface area contributed by atoms with Crippen LogP contribution in [0.3, 0.4) is 0 Å². The topological polar surface area (TPSA) is 77.5 Å². The molecule has 27 heavy (non-hydrogen) atoms. The summed E-state index contributed by atoms with van der Waals surface area (Å²) in [5, 5.41) is 0. The fourth-order valence-corrected chi connectivity index (χ4v) is 3.38. The molecule has 0 spiro atoms. The molecule has 3 rings (SSSR count). The number of Topliss-reactive ketones (excluding diaryl/α,β-unsaturated/α-hetero) is 1. The molecular formula is C21H16O5S. The summed E-state index contributed by atoms with van der Waals surface area (Å²) in [6, 6.07) is 20.2. The van der Waals surface area contributed by atoms with Crippen LogP contribution in [-0.2, 0) is 10.1 Å². The van der Waals surface area contributed by atoms with Crippen LogP contribution in [-0.4, -0.2) is 20.0 Å². The Kier molecular flexibility index (Phi) is 5.19. The van der Waals surface area contributed by atoms with E-state index in [2.05, 4.69) is 0 Å². The maximum Gasteiger partial charge on any atom is 0.339 e. The average Bonchev–Trinajstić information content (AvgIpc) is 2.68. The van der Waals surface area contributed by atoms with Crippen molar-refractivity contribution in [2.75, 3.05) is 0 Å². The van der Waals surface area contributed by atoms with Gasteiger partial charge in [-0.1, -0.05) is 42.5 Å². The van der Waals surface area contributed by atoms with Crippen LogP contribution in [0.2, 0.25) is 0 Å². The maximum atomic E-state index is 12.4. The lowest BCUT2D eigenvalue weighted by Gasteiger charge is -2.08. The molecule has 0 aromatic heterocycles. The molecule has 3 aromatic carbocycles. The summed E-state index contributed by atoms with van der Waals surface area (Å²) in [5.74, 6) is -0.223. The number of hydrogen-bond donors (Lipinski definition) is 0. The number of hydrogen-bond acceptors (Lipinski definition) is 5. The minimum Gasteiger partial charge on any atom is -0.379 e. The molecule has 136 valence electrons. The largest absolute Gasteiger partial charge is 0.379 e. The first-order valence-corrected chi connectivity index (χ1v) is 9.53. The van der Waals surface area contributed by atoms with Gasteiger partial charge in [-0.2, -0.15) is 8.42 Å². The molecule has 0 saturated heterocycles. The predicted molar refractivity (Wildman–Crippen MR) is 101 cm³/mol. The van der Waals surface area contributed by atoms with E-state index in [4.69, 9.17) is 4.18 Å². The zero-order chi connectivity index (χ0) is 19.4. The van der Waals surface area contributed by atoms with E-state index in [0.717, 1.165) is 0 Å². The Bertz CT molecular complexity index is 1070. The molecule has 0 atom stereocenters. The molecule has 0 aliphatic carbocycles. The van der Waals surface area contributed by atoms with Crippen molar-refractivity contribution in [1.82, 2.24) is 0 Å². The molecule has 0 N–H and O–H groups in total. The van der Waals surface area contributed by atoms with Gasteiger partial charge < -0.3 is 4.18 Å². The smallest absolute Gasteiger partial charge is 0.339 e. The molecule has 0 fully saturated rings. The van der Waals surface area contributed by atoms with Gasteiger partial charge >= 0.3 is 10.1 Å². The molecule has 6 heteroatoms. The lowest BCUT2D eigenvalue weighted by molar-refractivity contribution is 0.101. The molecule has 0 unspecified atom stereocenters. The summed E-state index contributed by atoms with van der Waals surface area (Å²) in [6.07, 6.45) is 0. The molecule has 0 saturated carbocycles. The summed E-state index contributed by atoms with van der Waals surface area (Å²) in [5.41, 5.74) is 1.39. The molecule has 0 radical (unpaired) electrons. The van der Waals surface area contributed by atoms with Crippen LogP contribution in [0.5, 0.6) is 5.75 Å². The summed E-state index contributed by atoms with van der Waals surface area (Å²) in [6.45, 7) is 1.40. The van der Waals surface area contributed by atoms with Crippen LogP contribution in [0.4, 0.5) is 0 Å². The number of ketones is 2. The van der Waals surface area contributed by atoms with Gasteiger partial charge in [0.2, 0.25) is 0 Å². The van der Waals surface area contributed by atoms with E-state index in [1.54, 1.807) is 24.3 Å². The second kappa shape index (κ2) is 7.55. The molecule has 3 aromatic rings. The first kappa shape index (κ1) is 18.5. The number of carbonyl (C=O) groups is 2. The van der Waals surface area contributed by atoms with Crippen molar-refractivity contribution in [2.24, 2.45) is 0 Å². The van der Waals surface area contributed by atoms with E-state index in [-0.39, 0.29) is 22.2 Å². The number of benzene rings is 3. The maximum absolute atomic E-state index is 12.4. The summed E-state index contributed by atoms with van der Waals surface area (Å²) >= 11 is 0. The monoisotopic (exact) mass is 380 g/mol. The number of rotatable bonds is 6. The van der Waals surface area contributed by atoms with Gasteiger partial charge in [-0.15, -0.1) is 0 Å². The third-order valence-corrected chi connectivity index (χ3v) is 5.17.